The summed E-state index contributed by atoms with van der Waals surface area (Å²) in [7, 11) is 1.72. The molecular formula is C19H33BrN4O. The Morgan fingerprint density at radius 1 is 1.52 bits per heavy atom. The fourth-order valence-electron chi connectivity index (χ4n) is 2.70. The normalized spacial score (nSPS) is 19.1. The summed E-state index contributed by atoms with van der Waals surface area (Å²) in [6.07, 6.45) is 10.2. The van der Waals surface area contributed by atoms with Crippen LogP contribution in [-0.4, -0.2) is 30.5 Å². The monoisotopic (exact) mass is 412 g/mol. The van der Waals surface area contributed by atoms with Crippen LogP contribution in [0.2, 0.25) is 0 Å². The lowest BCUT2D eigenvalue weighted by molar-refractivity contribution is 0.274. The van der Waals surface area contributed by atoms with Gasteiger partial charge in [-0.05, 0) is 37.8 Å². The van der Waals surface area contributed by atoms with Gasteiger partial charge in [0.05, 0.1) is 18.9 Å². The van der Waals surface area contributed by atoms with Crippen LogP contribution >= 0.6 is 15.9 Å². The lowest BCUT2D eigenvalue weighted by Gasteiger charge is -2.26. The van der Waals surface area contributed by atoms with Crippen LogP contribution in [0.1, 0.15) is 52.4 Å². The van der Waals surface area contributed by atoms with Gasteiger partial charge in [-0.25, -0.2) is 4.99 Å². The predicted molar refractivity (Wildman–Crippen MR) is 111 cm³/mol. The summed E-state index contributed by atoms with van der Waals surface area (Å²) in [6, 6.07) is 0.0742. The van der Waals surface area contributed by atoms with E-state index in [9.17, 15) is 0 Å². The molecule has 0 spiro atoms. The second kappa shape index (κ2) is 12.0. The number of guanidine groups is 1. The van der Waals surface area contributed by atoms with Gasteiger partial charge in [-0.1, -0.05) is 41.8 Å². The number of nitrogens with one attached hydrogen (secondary N) is 2. The molecule has 1 aliphatic heterocycles. The molecule has 0 aliphatic carbocycles. The van der Waals surface area contributed by atoms with E-state index in [0.29, 0.717) is 5.96 Å². The Balaban J connectivity index is 2.72. The van der Waals surface area contributed by atoms with Crippen molar-refractivity contribution in [2.75, 3.05) is 13.7 Å². The fourth-order valence-corrected chi connectivity index (χ4v) is 2.89. The summed E-state index contributed by atoms with van der Waals surface area (Å²) in [6.45, 7) is 9.02. The van der Waals surface area contributed by atoms with Crippen molar-refractivity contribution in [2.24, 2.45) is 10.7 Å². The molecule has 142 valence electrons. The van der Waals surface area contributed by atoms with Crippen molar-refractivity contribution in [3.8, 4) is 0 Å². The van der Waals surface area contributed by atoms with Gasteiger partial charge in [-0.15, -0.1) is 6.58 Å². The van der Waals surface area contributed by atoms with E-state index < -0.39 is 0 Å². The minimum atomic E-state index is 0.0742. The summed E-state index contributed by atoms with van der Waals surface area (Å²) < 4.78 is 5.52. The predicted octanol–water partition coefficient (Wildman–Crippen LogP) is 3.93. The van der Waals surface area contributed by atoms with Crippen LogP contribution in [0.5, 0.6) is 0 Å². The van der Waals surface area contributed by atoms with E-state index in [1.54, 1.807) is 7.11 Å². The number of allylic oxidation sites excluding steroid dienone is 3. The number of alkyl halides is 1. The zero-order valence-electron chi connectivity index (χ0n) is 15.8. The molecule has 0 aromatic heterocycles. The molecule has 1 rings (SSSR count). The van der Waals surface area contributed by atoms with E-state index in [-0.39, 0.29) is 10.9 Å². The molecule has 0 aromatic rings. The Labute approximate surface area is 161 Å². The van der Waals surface area contributed by atoms with E-state index in [2.05, 4.69) is 58.1 Å². The molecule has 6 heteroatoms. The summed E-state index contributed by atoms with van der Waals surface area (Å²) in [4.78, 5) is 4.73. The van der Waals surface area contributed by atoms with Crippen LogP contribution in [0, 0.1) is 0 Å². The smallest absolute Gasteiger partial charge is 0.194 e. The van der Waals surface area contributed by atoms with Gasteiger partial charge < -0.3 is 21.1 Å². The first-order chi connectivity index (χ1) is 12.0. The van der Waals surface area contributed by atoms with Crippen LogP contribution in [0.15, 0.2) is 40.9 Å². The highest BCUT2D eigenvalue weighted by Crippen LogP contribution is 2.22. The van der Waals surface area contributed by atoms with E-state index in [0.717, 1.165) is 43.8 Å². The first-order valence-electron chi connectivity index (χ1n) is 9.08. The number of hydrogen-bond acceptors (Lipinski definition) is 5. The zero-order valence-corrected chi connectivity index (χ0v) is 17.4. The maximum absolute atomic E-state index is 5.90. The van der Waals surface area contributed by atoms with Crippen LogP contribution in [-0.2, 0) is 4.74 Å². The van der Waals surface area contributed by atoms with Crippen LogP contribution in [0.3, 0.4) is 0 Å². The molecular weight excluding hydrogens is 380 g/mol. The Hall–Kier alpha value is -1.43. The highest BCUT2D eigenvalue weighted by atomic mass is 79.9. The van der Waals surface area contributed by atoms with E-state index >= 15 is 0 Å². The topological polar surface area (TPSA) is 71.7 Å². The standard InChI is InChI=1S/C19H33BrN4O/c1-5-7-8-13-22-18-17(14(3)23-19(21)24-18)12-11-16(25-4)10-9-15(20)6-2/h6,10,14-15,22H,2,5,7-9,11-13H2,1,3-4H3,(H3,21,23,24)/b16-10+/t14-,15+/m0/s1. The molecule has 25 heavy (non-hydrogen) atoms. The van der Waals surface area contributed by atoms with Crippen LogP contribution < -0.4 is 16.4 Å². The number of unbranched alkanes of at least 4 members (excludes halogenated alkanes) is 2. The Morgan fingerprint density at radius 2 is 2.28 bits per heavy atom. The lowest BCUT2D eigenvalue weighted by Crippen LogP contribution is -2.43. The Bertz CT molecular complexity index is 514. The first-order valence-corrected chi connectivity index (χ1v) is 10.00. The number of halogens is 1. The number of methoxy groups -OCH3 is 1. The second-order valence-electron chi connectivity index (χ2n) is 6.21. The van der Waals surface area contributed by atoms with Crippen molar-refractivity contribution in [3.05, 3.63) is 35.9 Å². The zero-order chi connectivity index (χ0) is 18.7. The summed E-state index contributed by atoms with van der Waals surface area (Å²) in [5.74, 6) is 2.47. The molecule has 0 saturated carbocycles. The average molecular weight is 413 g/mol. The van der Waals surface area contributed by atoms with Crippen molar-refractivity contribution < 1.29 is 4.74 Å². The molecule has 0 fully saturated rings. The van der Waals surface area contributed by atoms with E-state index in [1.165, 1.54) is 18.4 Å². The number of nitrogens with zero attached hydrogens (tertiary/aromatic N) is 1. The molecule has 5 nitrogen and oxygen atoms in total. The second-order valence-corrected chi connectivity index (χ2v) is 7.39. The number of aliphatic imine (C=N–C) groups is 1. The fraction of sp³-hybridized carbons (Fsp3) is 0.632. The van der Waals surface area contributed by atoms with Crippen LogP contribution in [0.25, 0.3) is 0 Å². The van der Waals surface area contributed by atoms with Gasteiger partial charge in [0, 0.05) is 17.8 Å². The maximum Gasteiger partial charge on any atom is 0.194 e. The van der Waals surface area contributed by atoms with Gasteiger partial charge in [0.2, 0.25) is 0 Å². The maximum atomic E-state index is 5.90. The van der Waals surface area contributed by atoms with Crippen molar-refractivity contribution >= 4 is 21.9 Å². The van der Waals surface area contributed by atoms with Gasteiger partial charge in [0.15, 0.2) is 5.96 Å². The molecule has 0 saturated heterocycles. The minimum Gasteiger partial charge on any atom is -0.501 e. The highest BCUT2D eigenvalue weighted by Gasteiger charge is 2.20. The molecule has 0 unspecified atom stereocenters. The van der Waals surface area contributed by atoms with E-state index in [1.807, 2.05) is 6.08 Å². The minimum absolute atomic E-state index is 0.0742. The van der Waals surface area contributed by atoms with Gasteiger partial charge in [-0.2, -0.15) is 0 Å². The molecule has 0 amide bonds. The summed E-state index contributed by atoms with van der Waals surface area (Å²) >= 11 is 3.55. The largest absolute Gasteiger partial charge is 0.501 e. The van der Waals surface area contributed by atoms with Crippen molar-refractivity contribution in [2.45, 2.75) is 63.2 Å². The Kier molecular flexibility index (Phi) is 10.4. The Morgan fingerprint density at radius 3 is 2.92 bits per heavy atom. The molecule has 4 N–H and O–H groups in total. The van der Waals surface area contributed by atoms with Crippen molar-refractivity contribution in [1.82, 2.24) is 10.6 Å². The quantitative estimate of drug-likeness (QED) is 0.196. The van der Waals surface area contributed by atoms with Crippen molar-refractivity contribution in [1.29, 1.82) is 0 Å². The molecule has 1 heterocycles. The number of ether oxygens (including phenoxy) is 1. The third kappa shape index (κ3) is 7.99. The van der Waals surface area contributed by atoms with Crippen LogP contribution in [0.4, 0.5) is 0 Å². The lowest BCUT2D eigenvalue weighted by atomic mass is 10.0. The number of rotatable bonds is 12. The van der Waals surface area contributed by atoms with Gasteiger partial charge in [0.1, 0.15) is 5.82 Å². The molecule has 1 aliphatic rings. The highest BCUT2D eigenvalue weighted by molar-refractivity contribution is 9.09. The first kappa shape index (κ1) is 21.6. The van der Waals surface area contributed by atoms with Gasteiger partial charge in [-0.3, -0.25) is 0 Å². The van der Waals surface area contributed by atoms with Gasteiger partial charge >= 0.3 is 0 Å². The third-order valence-electron chi connectivity index (χ3n) is 4.22. The molecule has 0 aromatic carbocycles. The van der Waals surface area contributed by atoms with Crippen molar-refractivity contribution in [3.63, 3.8) is 0 Å². The molecule has 2 atom stereocenters. The molecule has 0 bridgehead atoms. The summed E-state index contributed by atoms with van der Waals surface area (Å²) in [5.41, 5.74) is 7.14. The SMILES string of the molecule is C=C[C@@H](Br)C/C=C(\CCC1=C(NCCCCC)NC(N)=N[C@H]1C)OC. The average Bonchev–Trinajstić information content (AvgIpc) is 2.59. The number of hydrogen-bond donors (Lipinski definition) is 3. The third-order valence-corrected chi connectivity index (χ3v) is 4.97. The number of nitrogens with two attached hydrogens (primary N) is 1. The van der Waals surface area contributed by atoms with E-state index in [4.69, 9.17) is 10.5 Å². The summed E-state index contributed by atoms with van der Waals surface area (Å²) in [5, 5.41) is 6.69. The van der Waals surface area contributed by atoms with Gasteiger partial charge in [0.25, 0.3) is 0 Å². The molecule has 0 radical (unpaired) electrons.